The molecular formula is C18H24N4O4. The summed E-state index contributed by atoms with van der Waals surface area (Å²) in [4.78, 5) is 27.8. The molecule has 1 unspecified atom stereocenters. The second-order valence-electron chi connectivity index (χ2n) is 6.38. The van der Waals surface area contributed by atoms with Crippen LogP contribution in [0.15, 0.2) is 30.0 Å². The number of nitrogens with one attached hydrogen (secondary N) is 2. The second-order valence-corrected chi connectivity index (χ2v) is 6.38. The van der Waals surface area contributed by atoms with E-state index < -0.39 is 18.0 Å². The van der Waals surface area contributed by atoms with E-state index in [1.54, 1.807) is 37.5 Å². The van der Waals surface area contributed by atoms with Crippen LogP contribution in [-0.4, -0.2) is 79.3 Å². The molecule has 0 spiro atoms. The molecule has 3 N–H and O–H groups in total. The van der Waals surface area contributed by atoms with Gasteiger partial charge in [-0.3, -0.25) is 14.6 Å². The number of urea groups is 1. The zero-order valence-corrected chi connectivity index (χ0v) is 14.8. The highest BCUT2D eigenvalue weighted by Crippen LogP contribution is 2.17. The molecule has 8 heteroatoms. The van der Waals surface area contributed by atoms with Gasteiger partial charge in [0.05, 0.1) is 19.8 Å². The molecule has 140 valence electrons. The third-order valence-corrected chi connectivity index (χ3v) is 4.46. The summed E-state index contributed by atoms with van der Waals surface area (Å²) in [7, 11) is 1.58. The molecule has 26 heavy (non-hydrogen) atoms. The standard InChI is InChI=1S/C18H24N4O4/c1-26-15-4-2-13(3-5-15)10-16-17(24)22(18(25)20-16)12-14(23)11-21-8-6-19-7-9-21/h2-5,10,14,19,23H,6-9,11-12H2,1H3,(H,20,25)/b16-10-. The Hall–Kier alpha value is -2.42. The maximum atomic E-state index is 12.5. The Morgan fingerprint density at radius 3 is 2.54 bits per heavy atom. The third kappa shape index (κ3) is 4.40. The Labute approximate surface area is 152 Å². The summed E-state index contributed by atoms with van der Waals surface area (Å²) >= 11 is 0. The molecule has 2 aliphatic heterocycles. The molecule has 2 heterocycles. The van der Waals surface area contributed by atoms with Gasteiger partial charge in [-0.1, -0.05) is 12.1 Å². The minimum Gasteiger partial charge on any atom is -0.497 e. The number of methoxy groups -OCH3 is 1. The zero-order valence-electron chi connectivity index (χ0n) is 14.8. The quantitative estimate of drug-likeness (QED) is 0.483. The first-order chi connectivity index (χ1) is 12.6. The summed E-state index contributed by atoms with van der Waals surface area (Å²) < 4.78 is 5.10. The Morgan fingerprint density at radius 1 is 1.19 bits per heavy atom. The van der Waals surface area contributed by atoms with Crippen molar-refractivity contribution in [1.82, 2.24) is 20.4 Å². The van der Waals surface area contributed by atoms with Crippen molar-refractivity contribution in [2.24, 2.45) is 0 Å². The van der Waals surface area contributed by atoms with Gasteiger partial charge in [0.15, 0.2) is 0 Å². The van der Waals surface area contributed by atoms with Crippen molar-refractivity contribution in [3.8, 4) is 5.75 Å². The number of hydrogen-bond acceptors (Lipinski definition) is 6. The number of hydrogen-bond donors (Lipinski definition) is 3. The Morgan fingerprint density at radius 2 is 1.88 bits per heavy atom. The predicted octanol–water partition coefficient (Wildman–Crippen LogP) is -0.146. The van der Waals surface area contributed by atoms with Crippen LogP contribution in [0.4, 0.5) is 4.79 Å². The number of β-amino-alcohol motifs (C(OH)–C–C–N with tert-alkyl or cyclic N) is 1. The van der Waals surface area contributed by atoms with Crippen LogP contribution in [0.3, 0.4) is 0 Å². The molecule has 8 nitrogen and oxygen atoms in total. The fraction of sp³-hybridized carbons (Fsp3) is 0.444. The van der Waals surface area contributed by atoms with E-state index in [1.807, 2.05) is 0 Å². The minimum atomic E-state index is -0.775. The van der Waals surface area contributed by atoms with Crippen molar-refractivity contribution in [3.63, 3.8) is 0 Å². The maximum absolute atomic E-state index is 12.5. The van der Waals surface area contributed by atoms with E-state index in [1.165, 1.54) is 0 Å². The smallest absolute Gasteiger partial charge is 0.329 e. The van der Waals surface area contributed by atoms with Gasteiger partial charge in [-0.05, 0) is 23.8 Å². The van der Waals surface area contributed by atoms with Crippen LogP contribution >= 0.6 is 0 Å². The lowest BCUT2D eigenvalue weighted by Gasteiger charge is -2.29. The van der Waals surface area contributed by atoms with E-state index in [4.69, 9.17) is 4.74 Å². The number of rotatable bonds is 6. The van der Waals surface area contributed by atoms with Gasteiger partial charge in [0.2, 0.25) is 0 Å². The zero-order chi connectivity index (χ0) is 18.5. The number of benzene rings is 1. The van der Waals surface area contributed by atoms with Crippen molar-refractivity contribution >= 4 is 18.0 Å². The minimum absolute atomic E-state index is 0.0193. The lowest BCUT2D eigenvalue weighted by Crippen LogP contribution is -2.49. The summed E-state index contributed by atoms with van der Waals surface area (Å²) in [5.74, 6) is 0.289. The lowest BCUT2D eigenvalue weighted by molar-refractivity contribution is -0.124. The van der Waals surface area contributed by atoms with Gasteiger partial charge in [-0.25, -0.2) is 4.79 Å². The highest BCUT2D eigenvalue weighted by molar-refractivity contribution is 6.14. The molecule has 2 aliphatic rings. The average molecular weight is 360 g/mol. The first-order valence-corrected chi connectivity index (χ1v) is 8.66. The number of imide groups is 1. The molecule has 1 atom stereocenters. The van der Waals surface area contributed by atoms with E-state index in [-0.39, 0.29) is 12.2 Å². The highest BCUT2D eigenvalue weighted by Gasteiger charge is 2.35. The van der Waals surface area contributed by atoms with Crippen molar-refractivity contribution in [2.45, 2.75) is 6.10 Å². The topological polar surface area (TPSA) is 94.1 Å². The first-order valence-electron chi connectivity index (χ1n) is 8.66. The number of nitrogens with zero attached hydrogens (tertiary/aromatic N) is 2. The molecule has 1 aromatic carbocycles. The van der Waals surface area contributed by atoms with Gasteiger partial charge in [-0.2, -0.15) is 0 Å². The van der Waals surface area contributed by atoms with Crippen LogP contribution in [0.1, 0.15) is 5.56 Å². The Kier molecular flexibility index (Phi) is 5.87. The number of carbonyl (C=O) groups excluding carboxylic acids is 2. The number of aliphatic hydroxyl groups is 1. The first kappa shape index (κ1) is 18.4. The van der Waals surface area contributed by atoms with E-state index in [0.717, 1.165) is 36.6 Å². The van der Waals surface area contributed by atoms with E-state index in [0.29, 0.717) is 12.3 Å². The molecule has 0 saturated carbocycles. The molecule has 0 radical (unpaired) electrons. The van der Waals surface area contributed by atoms with Crippen LogP contribution in [-0.2, 0) is 4.79 Å². The highest BCUT2D eigenvalue weighted by atomic mass is 16.5. The van der Waals surface area contributed by atoms with Gasteiger partial charge < -0.3 is 20.5 Å². The molecule has 0 aliphatic carbocycles. The van der Waals surface area contributed by atoms with Crippen molar-refractivity contribution in [2.75, 3.05) is 46.4 Å². The van der Waals surface area contributed by atoms with Crippen LogP contribution in [0.25, 0.3) is 6.08 Å². The number of carbonyl (C=O) groups is 2. The van der Waals surface area contributed by atoms with E-state index in [9.17, 15) is 14.7 Å². The number of piperazine rings is 1. The second kappa shape index (κ2) is 8.31. The van der Waals surface area contributed by atoms with E-state index in [2.05, 4.69) is 15.5 Å². The van der Waals surface area contributed by atoms with Crippen LogP contribution in [0.5, 0.6) is 5.75 Å². The maximum Gasteiger partial charge on any atom is 0.329 e. The molecule has 2 saturated heterocycles. The van der Waals surface area contributed by atoms with Crippen molar-refractivity contribution < 1.29 is 19.4 Å². The number of aliphatic hydroxyl groups excluding tert-OH is 1. The SMILES string of the molecule is COc1ccc(/C=C2\NC(=O)N(CC(O)CN3CCNCC3)C2=O)cc1. The van der Waals surface area contributed by atoms with Crippen molar-refractivity contribution in [1.29, 1.82) is 0 Å². The fourth-order valence-electron chi connectivity index (χ4n) is 3.06. The lowest BCUT2D eigenvalue weighted by atomic mass is 10.2. The number of ether oxygens (including phenoxy) is 1. The monoisotopic (exact) mass is 360 g/mol. The molecular weight excluding hydrogens is 336 g/mol. The summed E-state index contributed by atoms with van der Waals surface area (Å²) in [6.45, 7) is 3.87. The summed E-state index contributed by atoms with van der Waals surface area (Å²) in [6.07, 6.45) is 0.839. The van der Waals surface area contributed by atoms with Crippen LogP contribution in [0, 0.1) is 0 Å². The van der Waals surface area contributed by atoms with E-state index >= 15 is 0 Å². The molecule has 2 fully saturated rings. The molecule has 3 rings (SSSR count). The molecule has 1 aromatic rings. The predicted molar refractivity (Wildman–Crippen MR) is 96.5 cm³/mol. The molecule has 3 amide bonds. The average Bonchev–Trinajstić information content (AvgIpc) is 2.90. The Bertz CT molecular complexity index is 683. The van der Waals surface area contributed by atoms with Gasteiger partial charge in [0.1, 0.15) is 11.4 Å². The summed E-state index contributed by atoms with van der Waals surface area (Å²) in [5, 5.41) is 16.1. The molecule has 0 aromatic heterocycles. The largest absolute Gasteiger partial charge is 0.497 e. The van der Waals surface area contributed by atoms with Gasteiger partial charge in [0, 0.05) is 32.7 Å². The van der Waals surface area contributed by atoms with Gasteiger partial charge in [-0.15, -0.1) is 0 Å². The van der Waals surface area contributed by atoms with Gasteiger partial charge in [0.25, 0.3) is 5.91 Å². The summed E-state index contributed by atoms with van der Waals surface area (Å²) in [5.41, 5.74) is 0.979. The van der Waals surface area contributed by atoms with Crippen LogP contribution in [0.2, 0.25) is 0 Å². The van der Waals surface area contributed by atoms with Crippen molar-refractivity contribution in [3.05, 3.63) is 35.5 Å². The fourth-order valence-corrected chi connectivity index (χ4v) is 3.06. The third-order valence-electron chi connectivity index (χ3n) is 4.46. The summed E-state index contributed by atoms with van der Waals surface area (Å²) in [6, 6.07) is 6.65. The molecule has 0 bridgehead atoms. The normalized spacial score (nSPS) is 21.2. The number of amides is 3. The Balaban J connectivity index is 1.61. The van der Waals surface area contributed by atoms with Gasteiger partial charge >= 0.3 is 6.03 Å². The van der Waals surface area contributed by atoms with Crippen LogP contribution < -0.4 is 15.4 Å².